The highest BCUT2D eigenvalue weighted by Crippen LogP contribution is 2.21. The van der Waals surface area contributed by atoms with Crippen LogP contribution in [-0.4, -0.2) is 25.9 Å². The fraction of sp³-hybridized carbons (Fsp3) is 1.00. The van der Waals surface area contributed by atoms with Crippen LogP contribution in [0, 0.1) is 5.92 Å². The van der Waals surface area contributed by atoms with Crippen LogP contribution in [0.5, 0.6) is 0 Å². The minimum absolute atomic E-state index is 0.491. The molecule has 2 aliphatic rings. The molecule has 3 heteroatoms. The molecular formula is C14H27NO2. The van der Waals surface area contributed by atoms with Crippen molar-refractivity contribution in [3.63, 3.8) is 0 Å². The molecule has 0 amide bonds. The average Bonchev–Trinajstić information content (AvgIpc) is 2.88. The number of nitrogens with one attached hydrogen (secondary N) is 1. The summed E-state index contributed by atoms with van der Waals surface area (Å²) in [5.74, 6) is 0.916. The minimum atomic E-state index is 0.491. The number of hydrogen-bond donors (Lipinski definition) is 1. The molecule has 3 nitrogen and oxygen atoms in total. The van der Waals surface area contributed by atoms with E-state index in [1.807, 2.05) is 0 Å². The lowest BCUT2D eigenvalue weighted by Crippen LogP contribution is -2.23. The van der Waals surface area contributed by atoms with Gasteiger partial charge in [0.15, 0.2) is 0 Å². The van der Waals surface area contributed by atoms with Gasteiger partial charge in [0.25, 0.3) is 0 Å². The lowest BCUT2D eigenvalue weighted by atomic mass is 9.94. The van der Waals surface area contributed by atoms with E-state index in [1.165, 1.54) is 57.8 Å². The monoisotopic (exact) mass is 241 g/mol. The van der Waals surface area contributed by atoms with Gasteiger partial charge in [-0.15, -0.1) is 0 Å². The lowest BCUT2D eigenvalue weighted by molar-refractivity contribution is -0.0212. The zero-order valence-electron chi connectivity index (χ0n) is 11.0. The van der Waals surface area contributed by atoms with Gasteiger partial charge in [-0.25, -0.2) is 5.48 Å². The predicted molar refractivity (Wildman–Crippen MR) is 68.7 cm³/mol. The Morgan fingerprint density at radius 2 is 1.76 bits per heavy atom. The summed E-state index contributed by atoms with van der Waals surface area (Å²) in [5, 5.41) is 0. The summed E-state index contributed by atoms with van der Waals surface area (Å²) in [4.78, 5) is 5.62. The molecular weight excluding hydrogens is 214 g/mol. The Morgan fingerprint density at radius 3 is 2.53 bits per heavy atom. The summed E-state index contributed by atoms with van der Waals surface area (Å²) in [6.07, 6.45) is 12.1. The molecule has 0 bridgehead atoms. The van der Waals surface area contributed by atoms with Crippen LogP contribution in [0.1, 0.15) is 57.8 Å². The second-order valence-corrected chi connectivity index (χ2v) is 5.47. The number of hydrogen-bond acceptors (Lipinski definition) is 3. The molecule has 0 aromatic heterocycles. The van der Waals surface area contributed by atoms with Gasteiger partial charge >= 0.3 is 0 Å². The normalized spacial score (nSPS) is 23.3. The Bertz CT molecular complexity index is 187. The van der Waals surface area contributed by atoms with E-state index < -0.39 is 0 Å². The predicted octanol–water partition coefficient (Wildman–Crippen LogP) is 3.05. The molecule has 0 unspecified atom stereocenters. The molecule has 100 valence electrons. The van der Waals surface area contributed by atoms with Crippen molar-refractivity contribution in [2.24, 2.45) is 5.92 Å². The van der Waals surface area contributed by atoms with Gasteiger partial charge in [0, 0.05) is 19.8 Å². The van der Waals surface area contributed by atoms with Crippen LogP contribution in [-0.2, 0) is 9.57 Å². The Morgan fingerprint density at radius 1 is 1.00 bits per heavy atom. The van der Waals surface area contributed by atoms with Gasteiger partial charge in [-0.1, -0.05) is 25.7 Å². The summed E-state index contributed by atoms with van der Waals surface area (Å²) < 4.78 is 5.37. The van der Waals surface area contributed by atoms with Crippen molar-refractivity contribution in [3.8, 4) is 0 Å². The Balaban J connectivity index is 1.38. The number of unbranched alkanes of at least 4 members (excludes halogenated alkanes) is 1. The summed E-state index contributed by atoms with van der Waals surface area (Å²) in [6, 6.07) is 0. The van der Waals surface area contributed by atoms with Gasteiger partial charge in [-0.2, -0.15) is 0 Å². The fourth-order valence-corrected chi connectivity index (χ4v) is 2.85. The summed E-state index contributed by atoms with van der Waals surface area (Å²) in [5.41, 5.74) is 3.14. The lowest BCUT2D eigenvalue weighted by Gasteiger charge is -2.21. The fourth-order valence-electron chi connectivity index (χ4n) is 2.85. The molecule has 0 aromatic rings. The van der Waals surface area contributed by atoms with Crippen molar-refractivity contribution in [1.82, 2.24) is 5.48 Å². The largest absolute Gasteiger partial charge is 0.381 e. The highest BCUT2D eigenvalue weighted by Gasteiger charge is 2.15. The van der Waals surface area contributed by atoms with Gasteiger partial charge in [0.1, 0.15) is 0 Å². The van der Waals surface area contributed by atoms with Crippen LogP contribution in [0.15, 0.2) is 0 Å². The first-order valence-electron chi connectivity index (χ1n) is 7.41. The smallest absolute Gasteiger partial charge is 0.0790 e. The van der Waals surface area contributed by atoms with E-state index in [9.17, 15) is 0 Å². The van der Waals surface area contributed by atoms with Crippen LogP contribution < -0.4 is 5.48 Å². The molecule has 1 saturated carbocycles. The van der Waals surface area contributed by atoms with E-state index in [-0.39, 0.29) is 0 Å². The van der Waals surface area contributed by atoms with Gasteiger partial charge < -0.3 is 4.74 Å². The molecule has 1 aliphatic carbocycles. The van der Waals surface area contributed by atoms with E-state index in [2.05, 4.69) is 5.48 Å². The first kappa shape index (κ1) is 13.3. The van der Waals surface area contributed by atoms with Gasteiger partial charge in [-0.05, 0) is 38.0 Å². The number of hydroxylamine groups is 1. The van der Waals surface area contributed by atoms with Crippen molar-refractivity contribution >= 4 is 0 Å². The van der Waals surface area contributed by atoms with Gasteiger partial charge in [0.2, 0.25) is 0 Å². The summed E-state index contributed by atoms with van der Waals surface area (Å²) in [6.45, 7) is 2.97. The molecule has 1 aliphatic heterocycles. The third kappa shape index (κ3) is 5.36. The molecule has 1 N–H and O–H groups in total. The van der Waals surface area contributed by atoms with Crippen LogP contribution in [0.25, 0.3) is 0 Å². The quantitative estimate of drug-likeness (QED) is 0.549. The van der Waals surface area contributed by atoms with Crippen LogP contribution in [0.4, 0.5) is 0 Å². The SMILES string of the molecule is C(CCC1CCOCC1)CNOC1CCCC1. The number of rotatable bonds is 7. The van der Waals surface area contributed by atoms with E-state index in [1.54, 1.807) is 0 Å². The van der Waals surface area contributed by atoms with Crippen LogP contribution in [0.3, 0.4) is 0 Å². The third-order valence-corrected chi connectivity index (χ3v) is 4.03. The summed E-state index contributed by atoms with van der Waals surface area (Å²) in [7, 11) is 0. The molecule has 0 spiro atoms. The third-order valence-electron chi connectivity index (χ3n) is 4.03. The van der Waals surface area contributed by atoms with Crippen molar-refractivity contribution < 1.29 is 9.57 Å². The van der Waals surface area contributed by atoms with Crippen LogP contribution >= 0.6 is 0 Å². The average molecular weight is 241 g/mol. The molecule has 0 atom stereocenters. The highest BCUT2D eigenvalue weighted by atomic mass is 16.7. The Hall–Kier alpha value is -0.120. The van der Waals surface area contributed by atoms with Gasteiger partial charge in [0.05, 0.1) is 6.10 Å². The van der Waals surface area contributed by atoms with E-state index >= 15 is 0 Å². The van der Waals surface area contributed by atoms with Crippen molar-refractivity contribution in [2.45, 2.75) is 63.9 Å². The zero-order valence-corrected chi connectivity index (χ0v) is 11.0. The molecule has 1 saturated heterocycles. The first-order valence-corrected chi connectivity index (χ1v) is 7.41. The summed E-state index contributed by atoms with van der Waals surface area (Å²) >= 11 is 0. The Labute approximate surface area is 105 Å². The maximum Gasteiger partial charge on any atom is 0.0790 e. The van der Waals surface area contributed by atoms with E-state index in [0.717, 1.165) is 25.7 Å². The molecule has 1 heterocycles. The van der Waals surface area contributed by atoms with Crippen molar-refractivity contribution in [3.05, 3.63) is 0 Å². The molecule has 2 rings (SSSR count). The second-order valence-electron chi connectivity index (χ2n) is 5.47. The van der Waals surface area contributed by atoms with E-state index in [4.69, 9.17) is 9.57 Å². The molecule has 2 fully saturated rings. The molecule has 0 aromatic carbocycles. The maximum absolute atomic E-state index is 5.62. The van der Waals surface area contributed by atoms with Crippen LogP contribution in [0.2, 0.25) is 0 Å². The number of ether oxygens (including phenoxy) is 1. The second kappa shape index (κ2) is 8.06. The molecule has 17 heavy (non-hydrogen) atoms. The van der Waals surface area contributed by atoms with Gasteiger partial charge in [-0.3, -0.25) is 4.84 Å². The molecule has 0 radical (unpaired) electrons. The Kier molecular flexibility index (Phi) is 6.32. The standard InChI is InChI=1S/C14H27NO2/c1-2-7-14(6-1)17-15-10-4-3-5-13-8-11-16-12-9-13/h13-15H,1-12H2. The first-order chi connectivity index (χ1) is 8.45. The minimum Gasteiger partial charge on any atom is -0.381 e. The van der Waals surface area contributed by atoms with Crippen molar-refractivity contribution in [1.29, 1.82) is 0 Å². The highest BCUT2D eigenvalue weighted by molar-refractivity contribution is 4.66. The van der Waals surface area contributed by atoms with Crippen molar-refractivity contribution in [2.75, 3.05) is 19.8 Å². The maximum atomic E-state index is 5.62. The van der Waals surface area contributed by atoms with E-state index in [0.29, 0.717) is 6.10 Å². The zero-order chi connectivity index (χ0) is 11.8. The topological polar surface area (TPSA) is 30.5 Å².